The summed E-state index contributed by atoms with van der Waals surface area (Å²) in [5.41, 5.74) is 0. The van der Waals surface area contributed by atoms with Crippen molar-refractivity contribution in [3.05, 3.63) is 0 Å². The first kappa shape index (κ1) is 20.4. The Labute approximate surface area is 147 Å². The zero-order valence-electron chi connectivity index (χ0n) is 13.7. The van der Waals surface area contributed by atoms with E-state index >= 15 is 0 Å². The highest BCUT2D eigenvalue weighted by atomic mass is 79.9. The van der Waals surface area contributed by atoms with Crippen molar-refractivity contribution in [2.75, 3.05) is 5.33 Å². The van der Waals surface area contributed by atoms with Gasteiger partial charge >= 0.3 is 17.9 Å². The van der Waals surface area contributed by atoms with Crippen LogP contribution in [0.15, 0.2) is 0 Å². The fourth-order valence-corrected chi connectivity index (χ4v) is 2.49. The van der Waals surface area contributed by atoms with E-state index in [0.717, 1.165) is 0 Å². The topological polar surface area (TPSA) is 117 Å². The summed E-state index contributed by atoms with van der Waals surface area (Å²) in [6, 6.07) is -1.04. The van der Waals surface area contributed by atoms with Gasteiger partial charge in [-0.25, -0.2) is 0 Å². The predicted molar refractivity (Wildman–Crippen MR) is 82.9 cm³/mol. The van der Waals surface area contributed by atoms with Crippen LogP contribution in [0.2, 0.25) is 0 Å². The summed E-state index contributed by atoms with van der Waals surface area (Å²) in [5, 5.41) is 2.52. The van der Waals surface area contributed by atoms with Crippen molar-refractivity contribution in [3.63, 3.8) is 0 Å². The molecule has 1 aliphatic rings. The second-order valence-corrected chi connectivity index (χ2v) is 5.75. The van der Waals surface area contributed by atoms with Crippen LogP contribution in [0.1, 0.15) is 27.7 Å². The van der Waals surface area contributed by atoms with Gasteiger partial charge in [-0.2, -0.15) is 0 Å². The molecule has 1 N–H and O–H groups in total. The number of ether oxygens (including phenoxy) is 4. The Hall–Kier alpha value is -1.68. The Morgan fingerprint density at radius 1 is 0.958 bits per heavy atom. The second kappa shape index (κ2) is 8.97. The van der Waals surface area contributed by atoms with Crippen LogP contribution in [0.4, 0.5) is 0 Å². The van der Waals surface area contributed by atoms with Crippen molar-refractivity contribution in [2.24, 2.45) is 0 Å². The van der Waals surface area contributed by atoms with E-state index in [1.54, 1.807) is 6.92 Å². The molecule has 1 heterocycles. The van der Waals surface area contributed by atoms with Crippen molar-refractivity contribution in [1.82, 2.24) is 5.32 Å². The minimum absolute atomic E-state index is 0.0309. The molecule has 0 bridgehead atoms. The van der Waals surface area contributed by atoms with E-state index in [4.69, 9.17) is 18.9 Å². The first-order valence-electron chi connectivity index (χ1n) is 7.18. The molecule has 0 spiro atoms. The minimum Gasteiger partial charge on any atom is -0.456 e. The SMILES string of the molecule is CC(=O)OC1O[C@H](C)[C@H](OC(C)=O)[C@H](OC(C)=O)[C@H]1NC(=O)CBr. The predicted octanol–water partition coefficient (Wildman–Crippen LogP) is 0.0374. The first-order chi connectivity index (χ1) is 11.1. The number of hydrogen-bond donors (Lipinski definition) is 1. The molecule has 9 nitrogen and oxygen atoms in total. The van der Waals surface area contributed by atoms with Gasteiger partial charge in [0, 0.05) is 20.8 Å². The lowest BCUT2D eigenvalue weighted by Gasteiger charge is -2.43. The van der Waals surface area contributed by atoms with Gasteiger partial charge in [-0.3, -0.25) is 19.2 Å². The Kier molecular flexibility index (Phi) is 7.61. The van der Waals surface area contributed by atoms with Gasteiger partial charge in [0.2, 0.25) is 12.2 Å². The van der Waals surface area contributed by atoms with Gasteiger partial charge in [0.1, 0.15) is 6.04 Å². The molecule has 24 heavy (non-hydrogen) atoms. The molecule has 136 valence electrons. The quantitative estimate of drug-likeness (QED) is 0.384. The Morgan fingerprint density at radius 3 is 1.92 bits per heavy atom. The Bertz CT molecular complexity index is 511. The molecule has 0 aromatic carbocycles. The summed E-state index contributed by atoms with van der Waals surface area (Å²) in [7, 11) is 0. The van der Waals surface area contributed by atoms with Crippen LogP contribution in [0.25, 0.3) is 0 Å². The Morgan fingerprint density at radius 2 is 1.46 bits per heavy atom. The third kappa shape index (κ3) is 5.75. The van der Waals surface area contributed by atoms with Gasteiger partial charge in [0.25, 0.3) is 0 Å². The van der Waals surface area contributed by atoms with Crippen LogP contribution in [0, 0.1) is 0 Å². The zero-order valence-corrected chi connectivity index (χ0v) is 15.3. The molecule has 1 amide bonds. The average Bonchev–Trinajstić information content (AvgIpc) is 2.45. The van der Waals surface area contributed by atoms with Gasteiger partial charge < -0.3 is 24.3 Å². The number of rotatable bonds is 5. The second-order valence-electron chi connectivity index (χ2n) is 5.19. The molecular weight excluding hydrogens is 390 g/mol. The van der Waals surface area contributed by atoms with E-state index in [9.17, 15) is 19.2 Å². The summed E-state index contributed by atoms with van der Waals surface area (Å²) in [6.07, 6.45) is -3.99. The molecule has 0 aliphatic carbocycles. The van der Waals surface area contributed by atoms with Crippen LogP contribution in [-0.4, -0.2) is 59.8 Å². The van der Waals surface area contributed by atoms with Crippen molar-refractivity contribution < 1.29 is 38.1 Å². The summed E-state index contributed by atoms with van der Waals surface area (Å²) in [5.74, 6) is -2.35. The maximum absolute atomic E-state index is 11.8. The van der Waals surface area contributed by atoms with E-state index in [-0.39, 0.29) is 5.33 Å². The molecule has 0 aromatic rings. The van der Waals surface area contributed by atoms with E-state index in [2.05, 4.69) is 21.2 Å². The van der Waals surface area contributed by atoms with Crippen molar-refractivity contribution in [2.45, 2.75) is 58.3 Å². The highest BCUT2D eigenvalue weighted by Crippen LogP contribution is 2.27. The lowest BCUT2D eigenvalue weighted by atomic mass is 9.96. The zero-order chi connectivity index (χ0) is 18.4. The van der Waals surface area contributed by atoms with Crippen LogP contribution >= 0.6 is 15.9 Å². The van der Waals surface area contributed by atoms with E-state index in [1.165, 1.54) is 20.8 Å². The van der Waals surface area contributed by atoms with E-state index in [0.29, 0.717) is 0 Å². The van der Waals surface area contributed by atoms with Crippen LogP contribution < -0.4 is 5.32 Å². The number of hydrogen-bond acceptors (Lipinski definition) is 8. The summed E-state index contributed by atoms with van der Waals surface area (Å²) in [4.78, 5) is 45.8. The van der Waals surface area contributed by atoms with E-state index < -0.39 is 54.5 Å². The van der Waals surface area contributed by atoms with Crippen LogP contribution in [0.5, 0.6) is 0 Å². The standard InChI is InChI=1S/C14H20BrNO8/c1-6-12(22-7(2)17)13(23-8(3)18)11(16-10(20)5-15)14(21-6)24-9(4)19/h6,11-14H,5H2,1-4H3,(H,16,20)/t6-,11-,12+,13-,14?/m1/s1. The summed E-state index contributed by atoms with van der Waals surface area (Å²) >= 11 is 3.00. The monoisotopic (exact) mass is 409 g/mol. The molecule has 5 atom stereocenters. The maximum atomic E-state index is 11.8. The molecule has 1 rings (SSSR count). The molecule has 10 heteroatoms. The summed E-state index contributed by atoms with van der Waals surface area (Å²) in [6.45, 7) is 5.12. The number of amides is 1. The third-order valence-electron chi connectivity index (χ3n) is 3.12. The lowest BCUT2D eigenvalue weighted by Crippen LogP contribution is -2.65. The van der Waals surface area contributed by atoms with Crippen molar-refractivity contribution >= 4 is 39.7 Å². The van der Waals surface area contributed by atoms with Crippen molar-refractivity contribution in [1.29, 1.82) is 0 Å². The fraction of sp³-hybridized carbons (Fsp3) is 0.714. The number of nitrogens with one attached hydrogen (secondary N) is 1. The maximum Gasteiger partial charge on any atom is 0.305 e. The fourth-order valence-electron chi connectivity index (χ4n) is 2.33. The highest BCUT2D eigenvalue weighted by molar-refractivity contribution is 9.09. The van der Waals surface area contributed by atoms with Crippen LogP contribution in [-0.2, 0) is 38.1 Å². The highest BCUT2D eigenvalue weighted by Gasteiger charge is 2.50. The van der Waals surface area contributed by atoms with Gasteiger partial charge in [0.15, 0.2) is 12.2 Å². The molecule has 1 saturated heterocycles. The van der Waals surface area contributed by atoms with E-state index in [1.807, 2.05) is 0 Å². The first-order valence-corrected chi connectivity index (χ1v) is 8.30. The normalized spacial score (nSPS) is 29.3. The molecule has 1 fully saturated rings. The smallest absolute Gasteiger partial charge is 0.305 e. The van der Waals surface area contributed by atoms with Gasteiger partial charge in [0.05, 0.1) is 11.4 Å². The lowest BCUT2D eigenvalue weighted by molar-refractivity contribution is -0.261. The average molecular weight is 410 g/mol. The Balaban J connectivity index is 3.17. The minimum atomic E-state index is -1.20. The van der Waals surface area contributed by atoms with Gasteiger partial charge in [-0.1, -0.05) is 15.9 Å². The third-order valence-corrected chi connectivity index (χ3v) is 3.63. The number of carbonyl (C=O) groups excluding carboxylic acids is 4. The molecule has 1 unspecified atom stereocenters. The molecular formula is C14H20BrNO8. The number of esters is 3. The van der Waals surface area contributed by atoms with Crippen molar-refractivity contribution in [3.8, 4) is 0 Å². The van der Waals surface area contributed by atoms with Gasteiger partial charge in [-0.15, -0.1) is 0 Å². The molecule has 0 radical (unpaired) electrons. The number of halogens is 1. The number of alkyl halides is 1. The molecule has 1 aliphatic heterocycles. The number of carbonyl (C=O) groups is 4. The molecule has 0 aromatic heterocycles. The van der Waals surface area contributed by atoms with Crippen LogP contribution in [0.3, 0.4) is 0 Å². The molecule has 0 saturated carbocycles. The van der Waals surface area contributed by atoms with Gasteiger partial charge in [-0.05, 0) is 6.92 Å². The summed E-state index contributed by atoms with van der Waals surface area (Å²) < 4.78 is 21.0. The largest absolute Gasteiger partial charge is 0.456 e.